The maximum absolute atomic E-state index is 14.5. The molecule has 2 rings (SSSR count). The van der Waals surface area contributed by atoms with Gasteiger partial charge in [0.25, 0.3) is 0 Å². The summed E-state index contributed by atoms with van der Waals surface area (Å²) >= 11 is 0. The fourth-order valence-electron chi connectivity index (χ4n) is 9.12. The van der Waals surface area contributed by atoms with E-state index in [-0.39, 0.29) is 61.8 Å². The van der Waals surface area contributed by atoms with Gasteiger partial charge in [-0.3, -0.25) is 67.1 Å². The Hall–Kier alpha value is -9.80. The SMILES string of the molecule is CC[C@H](C)[C@H](N)C(=O)N[C@@H](CC(N)=O)C(=O)N[C@@H](Cc1cnc[nH]1)C(=O)NCC(=O)N[C@H](C(=O)N[C@@H](CC(C)C)C(=O)N[C@@H](Cc1ccc(O)cc1)C(=O)N[C@@H](CC(=O)O)C(=O)N[C@@H](CCC(=O)O)C(=O)N[C@@H](CCC(=O)O)C(=O)N[C@@H](CCCCN)C(=O)O)[C@@H](C)CC. The summed E-state index contributed by atoms with van der Waals surface area (Å²) in [5.41, 5.74) is 17.6. The highest BCUT2D eigenvalue weighted by Crippen LogP contribution is 2.16. The predicted octanol–water partition coefficient (Wildman–Crippen LogP) is -3.86. The number of rotatable bonds is 45. The number of carboxylic acids is 4. The van der Waals surface area contributed by atoms with Gasteiger partial charge in [0.15, 0.2) is 0 Å². The number of amides is 11. The molecule has 0 saturated carbocycles. The molecule has 35 nitrogen and oxygen atoms in total. The predicted molar refractivity (Wildman–Crippen MR) is 331 cm³/mol. The molecule has 0 radical (unpaired) electrons. The van der Waals surface area contributed by atoms with Gasteiger partial charge in [-0.2, -0.15) is 0 Å². The third-order valence-corrected chi connectivity index (χ3v) is 14.9. The first kappa shape index (κ1) is 80.3. The monoisotopic (exact) mass is 1330 g/mol. The number of nitrogens with zero attached hydrogens (tertiary/aromatic N) is 1. The molecule has 94 heavy (non-hydrogen) atoms. The standard InChI is InChI=1S/C59H91N15O20/c1-7-30(5)48(62)57(91)72-41(24-43(61)76)55(89)70-40(23-33-26-63-28-65-33)50(84)64-27-44(77)74-49(31(6)8-2)58(92)73-38(21-29(3)4)53(87)69-39(22-32-12-14-34(75)15-13-32)54(88)71-42(25-47(82)83)56(90)67-35(16-18-45(78)79)51(85)66-36(17-19-46(80)81)52(86)68-37(59(93)94)11-9-10-20-60/h12-15,26,28-31,35-42,48-49,75H,7-11,16-25,27,60,62H2,1-6H3,(H2,61,76)(H,63,65)(H,64,84)(H,66,85)(H,67,90)(H,68,86)(H,69,87)(H,70,89)(H,71,88)(H,72,91)(H,73,92)(H,74,77)(H,78,79)(H,80,81)(H,82,83)(H,93,94)/t30-,31-,35-,36-,37-,38-,39-,40-,41-,42-,48-,49-/m0/s1. The molecule has 2 aromatic rings. The average Bonchev–Trinajstić information content (AvgIpc) is 1.23. The molecule has 1 aromatic heterocycles. The van der Waals surface area contributed by atoms with Crippen LogP contribution in [0.1, 0.15) is 130 Å². The summed E-state index contributed by atoms with van der Waals surface area (Å²) in [4.78, 5) is 205. The Morgan fingerprint density at radius 1 is 0.521 bits per heavy atom. The number of carboxylic acid groups (broad SMARTS) is 4. The van der Waals surface area contributed by atoms with Crippen LogP contribution < -0.4 is 70.4 Å². The van der Waals surface area contributed by atoms with Crippen LogP contribution in [0.25, 0.3) is 0 Å². The van der Waals surface area contributed by atoms with Crippen LogP contribution in [0.15, 0.2) is 36.8 Å². The second-order valence-corrected chi connectivity index (χ2v) is 23.1. The number of aromatic nitrogens is 2. The fraction of sp³-hybridized carbons (Fsp3) is 0.593. The van der Waals surface area contributed by atoms with Crippen molar-refractivity contribution in [2.75, 3.05) is 13.1 Å². The van der Waals surface area contributed by atoms with Gasteiger partial charge in [-0.15, -0.1) is 0 Å². The lowest BCUT2D eigenvalue weighted by molar-refractivity contribution is -0.143. The summed E-state index contributed by atoms with van der Waals surface area (Å²) in [7, 11) is 0. The number of nitrogens with two attached hydrogens (primary N) is 3. The van der Waals surface area contributed by atoms with Gasteiger partial charge < -0.3 is 101 Å². The number of imidazole rings is 1. The van der Waals surface area contributed by atoms with E-state index in [1.54, 1.807) is 41.5 Å². The number of hydrogen-bond donors (Lipinski definition) is 19. The zero-order valence-electron chi connectivity index (χ0n) is 53.3. The molecule has 0 spiro atoms. The van der Waals surface area contributed by atoms with E-state index >= 15 is 0 Å². The summed E-state index contributed by atoms with van der Waals surface area (Å²) in [6.07, 6.45) is -1.66. The normalized spacial score (nSPS) is 14.9. The lowest BCUT2D eigenvalue weighted by Crippen LogP contribution is -2.61. The number of hydrogen-bond acceptors (Lipinski definition) is 19. The number of nitrogens with one attached hydrogen (secondary N) is 11. The summed E-state index contributed by atoms with van der Waals surface area (Å²) in [5, 5.41) is 72.5. The molecule has 0 aliphatic rings. The lowest BCUT2D eigenvalue weighted by Gasteiger charge is -2.29. The highest BCUT2D eigenvalue weighted by Gasteiger charge is 2.37. The molecule has 522 valence electrons. The van der Waals surface area contributed by atoms with E-state index in [0.29, 0.717) is 18.5 Å². The van der Waals surface area contributed by atoms with Crippen LogP contribution >= 0.6 is 0 Å². The molecule has 22 N–H and O–H groups in total. The molecule has 0 aliphatic carbocycles. The van der Waals surface area contributed by atoms with E-state index in [1.807, 2.05) is 0 Å². The van der Waals surface area contributed by atoms with Crippen molar-refractivity contribution < 1.29 is 97.5 Å². The number of primary amides is 1. The maximum atomic E-state index is 14.5. The number of aromatic amines is 1. The summed E-state index contributed by atoms with van der Waals surface area (Å²) in [6.45, 7) is 9.57. The second-order valence-electron chi connectivity index (χ2n) is 23.1. The fourth-order valence-corrected chi connectivity index (χ4v) is 9.12. The number of unbranched alkanes of at least 4 members (excludes halogenated alkanes) is 1. The number of carbonyl (C=O) groups excluding carboxylic acids is 11. The van der Waals surface area contributed by atoms with Crippen LogP contribution in [-0.4, -0.2) is 198 Å². The molecule has 0 fully saturated rings. The third kappa shape index (κ3) is 29.7. The van der Waals surface area contributed by atoms with Crippen LogP contribution in [0.3, 0.4) is 0 Å². The van der Waals surface area contributed by atoms with Crippen molar-refractivity contribution in [2.24, 2.45) is 35.0 Å². The topological polar surface area (TPSA) is 584 Å². The summed E-state index contributed by atoms with van der Waals surface area (Å²) in [6, 6.07) is -10.9. The Morgan fingerprint density at radius 3 is 1.47 bits per heavy atom. The van der Waals surface area contributed by atoms with Gasteiger partial charge in [-0.25, -0.2) is 9.78 Å². The first-order valence-electron chi connectivity index (χ1n) is 30.6. The van der Waals surface area contributed by atoms with Gasteiger partial charge in [0.05, 0.1) is 31.8 Å². The molecular weight excluding hydrogens is 1240 g/mol. The van der Waals surface area contributed by atoms with E-state index in [4.69, 9.17) is 17.2 Å². The van der Waals surface area contributed by atoms with E-state index in [1.165, 1.54) is 36.8 Å². The van der Waals surface area contributed by atoms with E-state index in [9.17, 15) is 97.5 Å². The molecule has 35 heteroatoms. The molecule has 1 aromatic carbocycles. The van der Waals surface area contributed by atoms with E-state index < -0.39 is 207 Å². The molecule has 0 saturated heterocycles. The largest absolute Gasteiger partial charge is 0.508 e. The zero-order valence-corrected chi connectivity index (χ0v) is 53.3. The third-order valence-electron chi connectivity index (χ3n) is 14.9. The van der Waals surface area contributed by atoms with Crippen LogP contribution in [0, 0.1) is 17.8 Å². The molecule has 1 heterocycles. The van der Waals surface area contributed by atoms with Gasteiger partial charge in [0.2, 0.25) is 65.0 Å². The Labute approximate surface area is 541 Å². The molecular formula is C59H91N15O20. The van der Waals surface area contributed by atoms with Crippen molar-refractivity contribution in [3.63, 3.8) is 0 Å². The van der Waals surface area contributed by atoms with Gasteiger partial charge in [-0.1, -0.05) is 66.5 Å². The summed E-state index contributed by atoms with van der Waals surface area (Å²) in [5.74, 6) is -19.3. The average molecular weight is 1330 g/mol. The number of aromatic hydroxyl groups is 1. The Kier molecular flexibility index (Phi) is 35.0. The number of H-pyrrole nitrogens is 1. The lowest BCUT2D eigenvalue weighted by atomic mass is 9.96. The molecule has 0 unspecified atom stereocenters. The molecule has 0 aliphatic heterocycles. The maximum Gasteiger partial charge on any atom is 0.326 e. The first-order valence-corrected chi connectivity index (χ1v) is 30.6. The second kappa shape index (κ2) is 40.9. The molecule has 12 atom stereocenters. The van der Waals surface area contributed by atoms with Gasteiger partial charge in [0, 0.05) is 37.6 Å². The highest BCUT2D eigenvalue weighted by molar-refractivity contribution is 6.00. The number of phenols is 1. The van der Waals surface area contributed by atoms with Crippen molar-refractivity contribution in [1.82, 2.24) is 63.1 Å². The van der Waals surface area contributed by atoms with Gasteiger partial charge >= 0.3 is 23.9 Å². The quantitative estimate of drug-likeness (QED) is 0.0282. The van der Waals surface area contributed by atoms with Gasteiger partial charge in [0.1, 0.15) is 60.1 Å². The summed E-state index contributed by atoms with van der Waals surface area (Å²) < 4.78 is 0. The van der Waals surface area contributed by atoms with Crippen molar-refractivity contribution in [2.45, 2.75) is 192 Å². The minimum Gasteiger partial charge on any atom is -0.508 e. The first-order chi connectivity index (χ1) is 44.2. The zero-order chi connectivity index (χ0) is 70.9. The van der Waals surface area contributed by atoms with E-state index in [0.717, 1.165) is 0 Å². The van der Waals surface area contributed by atoms with Crippen LogP contribution in [0.2, 0.25) is 0 Å². The van der Waals surface area contributed by atoms with Crippen LogP contribution in [0.4, 0.5) is 0 Å². The van der Waals surface area contributed by atoms with Crippen molar-refractivity contribution >= 4 is 88.9 Å². The number of carbonyl (C=O) groups is 15. The van der Waals surface area contributed by atoms with E-state index in [2.05, 4.69) is 63.1 Å². The minimum absolute atomic E-state index is 0.109. The van der Waals surface area contributed by atoms with Crippen molar-refractivity contribution in [3.8, 4) is 5.75 Å². The highest BCUT2D eigenvalue weighted by atomic mass is 16.4. The number of aliphatic carboxylic acids is 4. The Bertz CT molecular complexity index is 2930. The van der Waals surface area contributed by atoms with Crippen LogP contribution in [-0.2, 0) is 84.8 Å². The van der Waals surface area contributed by atoms with Crippen LogP contribution in [0.5, 0.6) is 5.75 Å². The Morgan fingerprint density at radius 2 is 0.989 bits per heavy atom. The Balaban J connectivity index is 2.48. The molecule has 0 bridgehead atoms. The number of phenolic OH excluding ortho intramolecular Hbond substituents is 1. The van der Waals surface area contributed by atoms with Gasteiger partial charge in [-0.05, 0) is 80.5 Å². The minimum atomic E-state index is -2.11. The smallest absolute Gasteiger partial charge is 0.326 e. The molecule has 11 amide bonds. The number of benzene rings is 1. The van der Waals surface area contributed by atoms with Crippen molar-refractivity contribution in [3.05, 3.63) is 48.0 Å². The van der Waals surface area contributed by atoms with Crippen molar-refractivity contribution in [1.29, 1.82) is 0 Å².